The van der Waals surface area contributed by atoms with Gasteiger partial charge in [0.05, 0.1) is 0 Å². The summed E-state index contributed by atoms with van der Waals surface area (Å²) < 4.78 is 129. The second kappa shape index (κ2) is 51.7. The van der Waals surface area contributed by atoms with E-state index in [1.54, 1.807) is 0 Å². The molecule has 0 rings (SSSR count). The van der Waals surface area contributed by atoms with Crippen LogP contribution in [0.2, 0.25) is 0 Å². The van der Waals surface area contributed by atoms with E-state index < -0.39 is 103 Å². The van der Waals surface area contributed by atoms with Gasteiger partial charge in [-0.25, -0.2) is 0 Å². The van der Waals surface area contributed by atoms with E-state index in [1.165, 1.54) is 0 Å². The monoisotopic (exact) mass is 1300 g/mol. The molecule has 0 bridgehead atoms. The summed E-state index contributed by atoms with van der Waals surface area (Å²) in [5.41, 5.74) is 0. The SMILES string of the molecule is [Cd+2].[Cd+2].[In+3].[In+3].[O]=[Sn]([O-])[O-].[O]=[Sn]([O-])[O-].[O]=[Sn]([O-])[O-].[O]=[Sn]([O-])[O-].[O]=[Sn]([O-])[O-]. The molecule has 0 heterocycles. The second-order valence-electron chi connectivity index (χ2n) is 1.25. The number of hydrogen-bond acceptors (Lipinski definition) is 15. The van der Waals surface area contributed by atoms with E-state index in [9.17, 15) is 0 Å². The Hall–Kier alpha value is 6.18. The molecule has 0 atom stereocenters. The molecule has 24 heteroatoms. The fraction of sp³-hybridized carbons (Fsp3) is 0. The standard InChI is InChI=1S/2Cd.2In.15O.5Sn/q2*+2;2*+3;;;;;;10*-1;;;;;. The molecule has 120 valence electrons. The van der Waals surface area contributed by atoms with Gasteiger partial charge in [0.15, 0.2) is 0 Å². The summed E-state index contributed by atoms with van der Waals surface area (Å²) >= 11 is -21.5. The van der Waals surface area contributed by atoms with Crippen LogP contribution < -0.4 is 34.4 Å². The molecule has 0 aromatic carbocycles. The molecule has 0 aromatic heterocycles. The Labute approximate surface area is 252 Å². The molecule has 0 unspecified atom stereocenters. The summed E-state index contributed by atoms with van der Waals surface area (Å²) in [6.45, 7) is 0. The van der Waals surface area contributed by atoms with E-state index in [0.29, 0.717) is 0 Å². The quantitative estimate of drug-likeness (QED) is 0.204. The fourth-order valence-corrected chi connectivity index (χ4v) is 0. The Kier molecular flexibility index (Phi) is 123. The third kappa shape index (κ3) is 545. The van der Waals surface area contributed by atoms with Gasteiger partial charge in [0.2, 0.25) is 0 Å². The van der Waals surface area contributed by atoms with Crippen LogP contribution in [0.4, 0.5) is 0 Å². The zero-order valence-corrected chi connectivity index (χ0v) is 40.1. The molecule has 0 aliphatic carbocycles. The van der Waals surface area contributed by atoms with Crippen molar-refractivity contribution in [2.75, 3.05) is 0 Å². The maximum absolute atomic E-state index is 8.61. The third-order valence-corrected chi connectivity index (χ3v) is 0. The summed E-state index contributed by atoms with van der Waals surface area (Å²) in [5.74, 6) is 0. The number of rotatable bonds is 0. The van der Waals surface area contributed by atoms with Crippen molar-refractivity contribution in [2.24, 2.45) is 0 Å². The first-order valence-electron chi connectivity index (χ1n) is 3.06. The molecular weight excluding hydrogens is 1290 g/mol. The van der Waals surface area contributed by atoms with Crippen LogP contribution in [0.25, 0.3) is 0 Å². The zero-order valence-electron chi connectivity index (χ0n) is 11.2. The van der Waals surface area contributed by atoms with Gasteiger partial charge in [0, 0.05) is 0 Å². The van der Waals surface area contributed by atoms with Crippen LogP contribution in [0.3, 0.4) is 0 Å². The summed E-state index contributed by atoms with van der Waals surface area (Å²) in [6.07, 6.45) is 0. The number of hydrogen-bond donors (Lipinski definition) is 0. The van der Waals surface area contributed by atoms with Crippen molar-refractivity contribution in [2.45, 2.75) is 0 Å². The van der Waals surface area contributed by atoms with Gasteiger partial charge in [0.1, 0.15) is 0 Å². The van der Waals surface area contributed by atoms with Crippen molar-refractivity contribution < 1.29 is 104 Å². The fourth-order valence-electron chi connectivity index (χ4n) is 0. The minimum absolute atomic E-state index is 0. The molecule has 0 amide bonds. The van der Waals surface area contributed by atoms with Gasteiger partial charge in [-0.1, -0.05) is 0 Å². The van der Waals surface area contributed by atoms with Crippen LogP contribution in [-0.2, 0) is 70.0 Å². The van der Waals surface area contributed by atoms with Gasteiger partial charge in [-0.3, -0.25) is 0 Å². The van der Waals surface area contributed by atoms with Gasteiger partial charge in [-0.05, 0) is 0 Å². The molecule has 24 heavy (non-hydrogen) atoms. The van der Waals surface area contributed by atoms with Gasteiger partial charge in [-0.2, -0.15) is 0 Å². The van der Waals surface area contributed by atoms with Crippen LogP contribution in [0, 0.1) is 0 Å². The van der Waals surface area contributed by atoms with Crippen LogP contribution in [-0.4, -0.2) is 155 Å². The van der Waals surface area contributed by atoms with E-state index in [4.69, 9.17) is 49.8 Å². The molecule has 0 aromatic rings. The molecular formula is Cd2In2O15Sn5. The van der Waals surface area contributed by atoms with Crippen LogP contribution >= 0.6 is 0 Å². The Balaban J connectivity index is -0.0000000161. The van der Waals surface area contributed by atoms with Crippen LogP contribution in [0.5, 0.6) is 0 Å². The maximum atomic E-state index is 8.61. The Morgan fingerprint density at radius 1 is 0.333 bits per heavy atom. The van der Waals surface area contributed by atoms with E-state index in [0.717, 1.165) is 0 Å². The van der Waals surface area contributed by atoms with Crippen molar-refractivity contribution >= 4 is 155 Å². The third-order valence-electron chi connectivity index (χ3n) is 0. The summed E-state index contributed by atoms with van der Waals surface area (Å²) in [4.78, 5) is 0. The molecule has 0 spiro atoms. The zero-order chi connectivity index (χ0) is 17.9. The summed E-state index contributed by atoms with van der Waals surface area (Å²) in [6, 6.07) is 0. The molecule has 0 fully saturated rings. The van der Waals surface area contributed by atoms with E-state index in [1.807, 2.05) is 0 Å². The van der Waals surface area contributed by atoms with Crippen molar-refractivity contribution in [3.8, 4) is 0 Å². The van der Waals surface area contributed by atoms with Crippen molar-refractivity contribution in [3.63, 3.8) is 0 Å². The van der Waals surface area contributed by atoms with Crippen molar-refractivity contribution in [1.82, 2.24) is 0 Å². The molecule has 15 nitrogen and oxygen atoms in total. The summed E-state index contributed by atoms with van der Waals surface area (Å²) in [5, 5.41) is 0. The first-order valence-corrected chi connectivity index (χ1v) is 20.5. The van der Waals surface area contributed by atoms with Gasteiger partial charge in [0.25, 0.3) is 0 Å². The average molecular weight is 1290 g/mol. The van der Waals surface area contributed by atoms with E-state index in [2.05, 4.69) is 0 Å². The molecule has 0 aliphatic rings. The molecule has 0 radical (unpaired) electrons. The Morgan fingerprint density at radius 3 is 0.333 bits per heavy atom. The second-order valence-corrected chi connectivity index (χ2v) is 8.39. The average Bonchev–Trinajstić information content (AvgIpc) is 1.94. The van der Waals surface area contributed by atoms with E-state index >= 15 is 0 Å². The topological polar surface area (TPSA) is 316 Å². The van der Waals surface area contributed by atoms with Crippen LogP contribution in [0.1, 0.15) is 0 Å². The van der Waals surface area contributed by atoms with Crippen LogP contribution in [0.15, 0.2) is 0 Å². The Bertz CT molecular complexity index is 221. The normalized spacial score (nSPS) is 5.42. The summed E-state index contributed by atoms with van der Waals surface area (Å²) in [7, 11) is 0. The van der Waals surface area contributed by atoms with Gasteiger partial charge >= 0.3 is 259 Å². The molecule has 0 saturated heterocycles. The molecule has 0 aliphatic heterocycles. The Morgan fingerprint density at radius 2 is 0.333 bits per heavy atom. The van der Waals surface area contributed by atoms with Crippen molar-refractivity contribution in [1.29, 1.82) is 0 Å². The van der Waals surface area contributed by atoms with E-state index in [-0.39, 0.29) is 106 Å². The minimum atomic E-state index is -4.29. The van der Waals surface area contributed by atoms with Crippen molar-refractivity contribution in [3.05, 3.63) is 0 Å². The van der Waals surface area contributed by atoms with Gasteiger partial charge < -0.3 is 0 Å². The molecule has 0 saturated carbocycles. The first-order chi connectivity index (χ1) is 8.66. The predicted molar refractivity (Wildman–Crippen MR) is 43.7 cm³/mol. The predicted octanol–water partition coefficient (Wildman–Crippen LogP) is -15.2. The molecule has 0 N–H and O–H groups in total. The first kappa shape index (κ1) is 57.3. The van der Waals surface area contributed by atoms with Gasteiger partial charge in [-0.15, -0.1) is 0 Å².